The summed E-state index contributed by atoms with van der Waals surface area (Å²) >= 11 is 0. The van der Waals surface area contributed by atoms with Crippen molar-refractivity contribution < 1.29 is 19.4 Å². The summed E-state index contributed by atoms with van der Waals surface area (Å²) in [5, 5.41) is 13.3. The van der Waals surface area contributed by atoms with Crippen molar-refractivity contribution in [1.29, 1.82) is 0 Å². The highest BCUT2D eigenvalue weighted by Crippen LogP contribution is 1.86. The van der Waals surface area contributed by atoms with Gasteiger partial charge in [-0.25, -0.2) is 4.79 Å². The van der Waals surface area contributed by atoms with Crippen LogP contribution in [0, 0.1) is 0 Å². The number of carboxylic acid groups (broad SMARTS) is 1. The van der Waals surface area contributed by atoms with Gasteiger partial charge in [0.2, 0.25) is 0 Å². The lowest BCUT2D eigenvalue weighted by Crippen LogP contribution is -2.45. The van der Waals surface area contributed by atoms with Gasteiger partial charge in [-0.15, -0.1) is 0 Å². The molecule has 0 saturated heterocycles. The lowest BCUT2D eigenvalue weighted by Gasteiger charge is -2.10. The molecule has 0 aromatic rings. The molecule has 0 unspecified atom stereocenters. The Hall–Kier alpha value is -1.30. The maximum Gasteiger partial charge on any atom is 0.325 e. The predicted molar refractivity (Wildman–Crippen MR) is 59.4 cm³/mol. The molecule has 2 amide bonds. The molecule has 0 saturated carbocycles. The highest BCUT2D eigenvalue weighted by molar-refractivity contribution is 5.82. The Kier molecular flexibility index (Phi) is 8.24. The standard InChI is InChI=1S/C10H20N2O4/c1-3-4-6-16-7-5-11-10(15)12-8(2)9(13)14/h8H,3-7H2,1-2H3,(H,13,14)(H2,11,12,15)/t8-/m1/s1. The van der Waals surface area contributed by atoms with E-state index in [4.69, 9.17) is 9.84 Å². The Balaban J connectivity index is 3.40. The summed E-state index contributed by atoms with van der Waals surface area (Å²) in [7, 11) is 0. The number of ether oxygens (including phenoxy) is 1. The van der Waals surface area contributed by atoms with E-state index < -0.39 is 18.0 Å². The van der Waals surface area contributed by atoms with Crippen molar-refractivity contribution in [2.75, 3.05) is 19.8 Å². The summed E-state index contributed by atoms with van der Waals surface area (Å²) in [5.41, 5.74) is 0. The van der Waals surface area contributed by atoms with Crippen LogP contribution in [0.1, 0.15) is 26.7 Å². The van der Waals surface area contributed by atoms with Crippen LogP contribution in [-0.2, 0) is 9.53 Å². The molecular formula is C10H20N2O4. The highest BCUT2D eigenvalue weighted by atomic mass is 16.5. The van der Waals surface area contributed by atoms with E-state index in [2.05, 4.69) is 17.6 Å². The molecule has 0 aromatic carbocycles. The first-order valence-corrected chi connectivity index (χ1v) is 5.42. The van der Waals surface area contributed by atoms with Crippen LogP contribution in [0.2, 0.25) is 0 Å². The number of aliphatic carboxylic acids is 1. The first kappa shape index (κ1) is 14.7. The number of amides is 2. The zero-order chi connectivity index (χ0) is 12.4. The average molecular weight is 232 g/mol. The molecule has 0 aliphatic rings. The molecule has 16 heavy (non-hydrogen) atoms. The van der Waals surface area contributed by atoms with Crippen LogP contribution in [-0.4, -0.2) is 42.9 Å². The maximum atomic E-state index is 11.1. The fourth-order valence-electron chi connectivity index (χ4n) is 0.895. The number of carboxylic acids is 1. The minimum Gasteiger partial charge on any atom is -0.480 e. The molecular weight excluding hydrogens is 212 g/mol. The topological polar surface area (TPSA) is 87.7 Å². The number of unbranched alkanes of at least 4 members (excludes halogenated alkanes) is 1. The van der Waals surface area contributed by atoms with Crippen molar-refractivity contribution >= 4 is 12.0 Å². The molecule has 0 spiro atoms. The van der Waals surface area contributed by atoms with Crippen molar-refractivity contribution in [2.24, 2.45) is 0 Å². The summed E-state index contributed by atoms with van der Waals surface area (Å²) in [5.74, 6) is -1.06. The van der Waals surface area contributed by atoms with Crippen molar-refractivity contribution in [1.82, 2.24) is 10.6 Å². The molecule has 0 heterocycles. The van der Waals surface area contributed by atoms with E-state index in [1.54, 1.807) is 0 Å². The Bertz CT molecular complexity index is 221. The summed E-state index contributed by atoms with van der Waals surface area (Å²) in [6.07, 6.45) is 2.08. The van der Waals surface area contributed by atoms with Gasteiger partial charge in [0.25, 0.3) is 0 Å². The van der Waals surface area contributed by atoms with E-state index in [9.17, 15) is 9.59 Å². The Morgan fingerprint density at radius 3 is 2.62 bits per heavy atom. The Morgan fingerprint density at radius 1 is 1.38 bits per heavy atom. The van der Waals surface area contributed by atoms with E-state index >= 15 is 0 Å². The molecule has 0 rings (SSSR count). The first-order chi connectivity index (χ1) is 7.57. The molecule has 6 nitrogen and oxygen atoms in total. The number of urea groups is 1. The highest BCUT2D eigenvalue weighted by Gasteiger charge is 2.12. The van der Waals surface area contributed by atoms with Gasteiger partial charge < -0.3 is 20.5 Å². The third-order valence-electron chi connectivity index (χ3n) is 1.89. The van der Waals surface area contributed by atoms with Gasteiger partial charge in [-0.3, -0.25) is 4.79 Å². The minimum atomic E-state index is -1.06. The molecule has 0 bridgehead atoms. The van der Waals surface area contributed by atoms with Gasteiger partial charge in [0, 0.05) is 13.2 Å². The lowest BCUT2D eigenvalue weighted by atomic mass is 10.3. The SMILES string of the molecule is CCCCOCCNC(=O)N[C@H](C)C(=O)O. The zero-order valence-electron chi connectivity index (χ0n) is 9.78. The van der Waals surface area contributed by atoms with Crippen LogP contribution in [0.4, 0.5) is 4.79 Å². The summed E-state index contributed by atoms with van der Waals surface area (Å²) in [6.45, 7) is 4.98. The quantitative estimate of drug-likeness (QED) is 0.534. The van der Waals surface area contributed by atoms with Crippen molar-refractivity contribution in [3.8, 4) is 0 Å². The molecule has 1 atom stereocenters. The average Bonchev–Trinajstić information content (AvgIpc) is 2.23. The minimum absolute atomic E-state index is 0.377. The molecule has 6 heteroatoms. The van der Waals surface area contributed by atoms with Crippen LogP contribution < -0.4 is 10.6 Å². The summed E-state index contributed by atoms with van der Waals surface area (Å²) in [6, 6.07) is -1.38. The summed E-state index contributed by atoms with van der Waals surface area (Å²) < 4.78 is 5.22. The second-order valence-electron chi connectivity index (χ2n) is 3.43. The van der Waals surface area contributed by atoms with E-state index in [1.165, 1.54) is 6.92 Å². The monoisotopic (exact) mass is 232 g/mol. The second-order valence-corrected chi connectivity index (χ2v) is 3.43. The Morgan fingerprint density at radius 2 is 2.06 bits per heavy atom. The Labute approximate surface area is 95.4 Å². The van der Waals surface area contributed by atoms with Crippen LogP contribution in [0.5, 0.6) is 0 Å². The van der Waals surface area contributed by atoms with Crippen LogP contribution in [0.15, 0.2) is 0 Å². The van der Waals surface area contributed by atoms with Gasteiger partial charge in [0.1, 0.15) is 6.04 Å². The van der Waals surface area contributed by atoms with E-state index in [0.29, 0.717) is 19.8 Å². The number of carbonyl (C=O) groups is 2. The maximum absolute atomic E-state index is 11.1. The van der Waals surface area contributed by atoms with E-state index in [0.717, 1.165) is 12.8 Å². The normalized spacial score (nSPS) is 11.9. The molecule has 3 N–H and O–H groups in total. The number of carbonyl (C=O) groups excluding carboxylic acids is 1. The van der Waals surface area contributed by atoms with Gasteiger partial charge >= 0.3 is 12.0 Å². The largest absolute Gasteiger partial charge is 0.480 e. The van der Waals surface area contributed by atoms with Gasteiger partial charge in [-0.2, -0.15) is 0 Å². The van der Waals surface area contributed by atoms with E-state index in [-0.39, 0.29) is 0 Å². The second kappa shape index (κ2) is 8.96. The van der Waals surface area contributed by atoms with Gasteiger partial charge in [-0.05, 0) is 13.3 Å². The zero-order valence-corrected chi connectivity index (χ0v) is 9.78. The number of hydrogen-bond acceptors (Lipinski definition) is 3. The number of rotatable bonds is 8. The van der Waals surface area contributed by atoms with Crippen LogP contribution in [0.25, 0.3) is 0 Å². The van der Waals surface area contributed by atoms with Gasteiger partial charge in [-0.1, -0.05) is 13.3 Å². The fraction of sp³-hybridized carbons (Fsp3) is 0.800. The predicted octanol–water partition coefficient (Wildman–Crippen LogP) is 0.575. The van der Waals surface area contributed by atoms with Crippen LogP contribution in [0.3, 0.4) is 0 Å². The number of nitrogens with one attached hydrogen (secondary N) is 2. The first-order valence-electron chi connectivity index (χ1n) is 5.42. The third kappa shape index (κ3) is 8.05. The van der Waals surface area contributed by atoms with Crippen molar-refractivity contribution in [3.63, 3.8) is 0 Å². The lowest BCUT2D eigenvalue weighted by molar-refractivity contribution is -0.138. The molecule has 94 valence electrons. The number of hydrogen-bond donors (Lipinski definition) is 3. The fourth-order valence-corrected chi connectivity index (χ4v) is 0.895. The van der Waals surface area contributed by atoms with E-state index in [1.807, 2.05) is 0 Å². The van der Waals surface area contributed by atoms with Crippen molar-refractivity contribution in [3.05, 3.63) is 0 Å². The van der Waals surface area contributed by atoms with Gasteiger partial charge in [0.05, 0.1) is 6.61 Å². The summed E-state index contributed by atoms with van der Waals surface area (Å²) in [4.78, 5) is 21.5. The molecule has 0 fully saturated rings. The molecule has 0 aliphatic carbocycles. The van der Waals surface area contributed by atoms with Crippen LogP contribution >= 0.6 is 0 Å². The smallest absolute Gasteiger partial charge is 0.325 e. The molecule has 0 aromatic heterocycles. The molecule has 0 radical (unpaired) electrons. The van der Waals surface area contributed by atoms with Crippen molar-refractivity contribution in [2.45, 2.75) is 32.7 Å². The third-order valence-corrected chi connectivity index (χ3v) is 1.89. The molecule has 0 aliphatic heterocycles. The van der Waals surface area contributed by atoms with Gasteiger partial charge in [0.15, 0.2) is 0 Å².